The van der Waals surface area contributed by atoms with E-state index in [1.807, 2.05) is 19.9 Å². The Balaban J connectivity index is 1.95. The van der Waals surface area contributed by atoms with E-state index < -0.39 is 0 Å². The fourth-order valence-electron chi connectivity index (χ4n) is 2.52. The van der Waals surface area contributed by atoms with E-state index in [-0.39, 0.29) is 17.2 Å². The van der Waals surface area contributed by atoms with Crippen LogP contribution in [0.3, 0.4) is 0 Å². The van der Waals surface area contributed by atoms with Crippen LogP contribution in [0.25, 0.3) is 22.0 Å². The molecule has 0 N–H and O–H groups in total. The predicted octanol–water partition coefficient (Wildman–Crippen LogP) is 5.50. The summed E-state index contributed by atoms with van der Waals surface area (Å²) in [5.74, 6) is 1.28. The van der Waals surface area contributed by atoms with Crippen LogP contribution in [0, 0.1) is 6.57 Å². The van der Waals surface area contributed by atoms with Crippen molar-refractivity contribution >= 4 is 5.82 Å². The quantitative estimate of drug-likeness (QED) is 0.594. The average Bonchev–Trinajstić information content (AvgIpc) is 3.20. The second-order valence-electron chi connectivity index (χ2n) is 7.42. The van der Waals surface area contributed by atoms with Gasteiger partial charge in [-0.2, -0.15) is 5.10 Å². The topological polar surface area (TPSA) is 48.2 Å². The highest BCUT2D eigenvalue weighted by atomic mass is 16.4. The number of rotatable bonds is 3. The molecule has 0 unspecified atom stereocenters. The number of hydrogen-bond acceptors (Lipinski definition) is 3. The molecule has 0 atom stereocenters. The van der Waals surface area contributed by atoms with Crippen molar-refractivity contribution in [2.24, 2.45) is 0 Å². The number of oxazole rings is 1. The average molecular weight is 334 g/mol. The van der Waals surface area contributed by atoms with Crippen LogP contribution >= 0.6 is 0 Å². The van der Waals surface area contributed by atoms with Crippen molar-refractivity contribution in [3.05, 3.63) is 59.4 Å². The van der Waals surface area contributed by atoms with Crippen molar-refractivity contribution in [3.63, 3.8) is 0 Å². The molecule has 0 spiro atoms. The zero-order chi connectivity index (χ0) is 18.2. The van der Waals surface area contributed by atoms with Gasteiger partial charge in [0.2, 0.25) is 5.88 Å². The Morgan fingerprint density at radius 1 is 1.12 bits per heavy atom. The van der Waals surface area contributed by atoms with Crippen LogP contribution in [0.5, 0.6) is 0 Å². The third-order valence-corrected chi connectivity index (χ3v) is 4.05. The van der Waals surface area contributed by atoms with Crippen molar-refractivity contribution < 1.29 is 4.42 Å². The largest absolute Gasteiger partial charge is 0.414 e. The van der Waals surface area contributed by atoms with Gasteiger partial charge in [-0.1, -0.05) is 70.4 Å². The van der Waals surface area contributed by atoms with E-state index in [1.165, 1.54) is 5.56 Å². The molecule has 5 nitrogen and oxygen atoms in total. The molecule has 128 valence electrons. The van der Waals surface area contributed by atoms with Gasteiger partial charge >= 0.3 is 5.82 Å². The van der Waals surface area contributed by atoms with E-state index in [0.29, 0.717) is 11.8 Å². The van der Waals surface area contributed by atoms with Gasteiger partial charge in [-0.05, 0) is 17.0 Å². The molecule has 3 rings (SSSR count). The van der Waals surface area contributed by atoms with Gasteiger partial charge in [0.25, 0.3) is 5.89 Å². The maximum atomic E-state index is 7.30. The van der Waals surface area contributed by atoms with Gasteiger partial charge in [0.05, 0.1) is 11.6 Å². The molecule has 1 aromatic carbocycles. The maximum Gasteiger partial charge on any atom is 0.335 e. The lowest BCUT2D eigenvalue weighted by atomic mass is 9.86. The Bertz CT molecular complexity index is 918. The van der Waals surface area contributed by atoms with Crippen molar-refractivity contribution in [2.75, 3.05) is 0 Å². The normalized spacial score (nSPS) is 11.7. The molecule has 0 saturated carbocycles. The first-order valence-electron chi connectivity index (χ1n) is 8.34. The van der Waals surface area contributed by atoms with Crippen LogP contribution in [-0.2, 0) is 5.41 Å². The minimum atomic E-state index is 0.120. The molecule has 2 aromatic heterocycles. The summed E-state index contributed by atoms with van der Waals surface area (Å²) >= 11 is 0. The lowest BCUT2D eigenvalue weighted by Gasteiger charge is -2.18. The van der Waals surface area contributed by atoms with Gasteiger partial charge in [0, 0.05) is 11.8 Å². The summed E-state index contributed by atoms with van der Waals surface area (Å²) in [7, 11) is 0. The number of hydrogen-bond donors (Lipinski definition) is 0. The molecule has 3 aromatic rings. The summed E-state index contributed by atoms with van der Waals surface area (Å²) < 4.78 is 7.32. The van der Waals surface area contributed by atoms with Gasteiger partial charge in [-0.15, -0.1) is 0 Å². The highest BCUT2D eigenvalue weighted by Gasteiger charge is 2.21. The van der Waals surface area contributed by atoms with Gasteiger partial charge in [-0.3, -0.25) is 0 Å². The first-order chi connectivity index (χ1) is 11.8. The van der Waals surface area contributed by atoms with Gasteiger partial charge < -0.3 is 9.26 Å². The number of benzene rings is 1. The summed E-state index contributed by atoms with van der Waals surface area (Å²) in [6.45, 7) is 17.8. The Morgan fingerprint density at radius 3 is 2.36 bits per heavy atom. The number of nitrogens with zero attached hydrogens (tertiary/aromatic N) is 4. The highest BCUT2D eigenvalue weighted by Crippen LogP contribution is 2.29. The van der Waals surface area contributed by atoms with Crippen molar-refractivity contribution in [1.29, 1.82) is 0 Å². The van der Waals surface area contributed by atoms with Crippen LogP contribution in [0.2, 0.25) is 0 Å². The van der Waals surface area contributed by atoms with Gasteiger partial charge in [0.1, 0.15) is 0 Å². The maximum absolute atomic E-state index is 7.30. The van der Waals surface area contributed by atoms with Gasteiger partial charge in [0.15, 0.2) is 0 Å². The minimum Gasteiger partial charge on any atom is -0.414 e. The molecule has 0 aliphatic carbocycles. The Hall–Kier alpha value is -2.87. The molecule has 25 heavy (non-hydrogen) atoms. The van der Waals surface area contributed by atoms with Crippen LogP contribution < -0.4 is 0 Å². The Morgan fingerprint density at radius 2 is 1.80 bits per heavy atom. The fourth-order valence-corrected chi connectivity index (χ4v) is 2.52. The highest BCUT2D eigenvalue weighted by molar-refractivity contribution is 5.60. The zero-order valence-electron chi connectivity index (χ0n) is 15.2. The summed E-state index contributed by atoms with van der Waals surface area (Å²) in [5.41, 5.74) is 3.26. The Labute approximate surface area is 148 Å². The van der Waals surface area contributed by atoms with Crippen LogP contribution in [0.1, 0.15) is 52.0 Å². The second kappa shape index (κ2) is 6.21. The third-order valence-electron chi connectivity index (χ3n) is 4.05. The summed E-state index contributed by atoms with van der Waals surface area (Å²) in [5, 5.41) is 4.56. The molecule has 0 aliphatic heterocycles. The standard InChI is InChI=1S/C20H22N4O/c1-13(2)18-22-17(21-6)19(25-18)24-12-11-16(23-24)14-7-9-15(10-8-14)20(3,4)5/h7-13H,1-5H3. The monoisotopic (exact) mass is 334 g/mol. The third kappa shape index (κ3) is 3.34. The fraction of sp³-hybridized carbons (Fsp3) is 0.350. The molecule has 0 bridgehead atoms. The smallest absolute Gasteiger partial charge is 0.335 e. The second-order valence-corrected chi connectivity index (χ2v) is 7.42. The van der Waals surface area contributed by atoms with Crippen molar-refractivity contribution in [2.45, 2.75) is 46.0 Å². The summed E-state index contributed by atoms with van der Waals surface area (Å²) in [6, 6.07) is 10.3. The van der Waals surface area contributed by atoms with E-state index in [2.05, 4.69) is 60.0 Å². The van der Waals surface area contributed by atoms with Crippen LogP contribution in [0.15, 0.2) is 40.9 Å². The predicted molar refractivity (Wildman–Crippen MR) is 98.1 cm³/mol. The van der Waals surface area contributed by atoms with E-state index >= 15 is 0 Å². The lowest BCUT2D eigenvalue weighted by Crippen LogP contribution is -2.10. The minimum absolute atomic E-state index is 0.120. The van der Waals surface area contributed by atoms with E-state index in [0.717, 1.165) is 11.3 Å². The molecular weight excluding hydrogens is 312 g/mol. The van der Waals surface area contributed by atoms with Crippen LogP contribution in [-0.4, -0.2) is 14.8 Å². The molecule has 5 heteroatoms. The van der Waals surface area contributed by atoms with Crippen LogP contribution in [0.4, 0.5) is 5.82 Å². The number of aromatic nitrogens is 3. The first-order valence-corrected chi connectivity index (χ1v) is 8.34. The van der Waals surface area contributed by atoms with E-state index in [1.54, 1.807) is 10.9 Å². The molecule has 0 amide bonds. The molecule has 2 heterocycles. The molecule has 0 radical (unpaired) electrons. The molecular formula is C20H22N4O. The van der Waals surface area contributed by atoms with Gasteiger partial charge in [-0.25, -0.2) is 4.68 Å². The zero-order valence-corrected chi connectivity index (χ0v) is 15.2. The molecule has 0 saturated heterocycles. The van der Waals surface area contributed by atoms with E-state index in [9.17, 15) is 0 Å². The summed E-state index contributed by atoms with van der Waals surface area (Å²) in [6.07, 6.45) is 1.80. The first kappa shape index (κ1) is 17.0. The molecule has 0 fully saturated rings. The van der Waals surface area contributed by atoms with Crippen molar-refractivity contribution in [1.82, 2.24) is 14.8 Å². The van der Waals surface area contributed by atoms with E-state index in [4.69, 9.17) is 11.0 Å². The Kier molecular flexibility index (Phi) is 4.22. The van der Waals surface area contributed by atoms with Crippen molar-refractivity contribution in [3.8, 4) is 17.1 Å². The SMILES string of the molecule is [C-]#[N+]c1nc(C(C)C)oc1-n1ccc(-c2ccc(C(C)(C)C)cc2)n1. The summed E-state index contributed by atoms with van der Waals surface area (Å²) in [4.78, 5) is 7.70. The molecule has 0 aliphatic rings. The lowest BCUT2D eigenvalue weighted by molar-refractivity contribution is 0.448.